The van der Waals surface area contributed by atoms with Gasteiger partial charge < -0.3 is 4.90 Å². The fraction of sp³-hybridized carbons (Fsp3) is 0.667. The zero-order valence-corrected chi connectivity index (χ0v) is 7.88. The van der Waals surface area contributed by atoms with Crippen LogP contribution < -0.4 is 0 Å². The minimum atomic E-state index is 1.05. The molecular formula is C9H17N3. The Morgan fingerprint density at radius 2 is 2.17 bits per heavy atom. The molecule has 0 radical (unpaired) electrons. The van der Waals surface area contributed by atoms with Gasteiger partial charge in [0.2, 0.25) is 0 Å². The Hall–Kier alpha value is -0.830. The molecule has 0 fully saturated rings. The summed E-state index contributed by atoms with van der Waals surface area (Å²) in [6.07, 6.45) is 2.92. The SMILES string of the molecule is CCN(CC)CCc1cc[nH]n1. The maximum atomic E-state index is 4.11. The summed E-state index contributed by atoms with van der Waals surface area (Å²) in [5, 5.41) is 6.93. The number of nitrogens with zero attached hydrogens (tertiary/aromatic N) is 2. The molecule has 1 aromatic heterocycles. The van der Waals surface area contributed by atoms with Gasteiger partial charge in [-0.25, -0.2) is 0 Å². The molecule has 0 spiro atoms. The Bertz CT molecular complexity index is 190. The highest BCUT2D eigenvalue weighted by atomic mass is 15.1. The first kappa shape index (κ1) is 9.26. The van der Waals surface area contributed by atoms with E-state index in [1.54, 1.807) is 0 Å². The van der Waals surface area contributed by atoms with Crippen molar-refractivity contribution in [2.24, 2.45) is 0 Å². The van der Waals surface area contributed by atoms with E-state index in [1.165, 1.54) is 0 Å². The van der Waals surface area contributed by atoms with E-state index in [0.717, 1.165) is 31.7 Å². The van der Waals surface area contributed by atoms with Crippen LogP contribution in [0.1, 0.15) is 19.5 Å². The van der Waals surface area contributed by atoms with Crippen LogP contribution in [-0.2, 0) is 6.42 Å². The van der Waals surface area contributed by atoms with Crippen LogP contribution >= 0.6 is 0 Å². The van der Waals surface area contributed by atoms with E-state index in [0.29, 0.717) is 0 Å². The van der Waals surface area contributed by atoms with Crippen molar-refractivity contribution < 1.29 is 0 Å². The Morgan fingerprint density at radius 3 is 2.67 bits per heavy atom. The third kappa shape index (κ3) is 2.66. The lowest BCUT2D eigenvalue weighted by Crippen LogP contribution is -2.25. The second-order valence-electron chi connectivity index (χ2n) is 2.84. The number of hydrogen-bond donors (Lipinski definition) is 1. The number of likely N-dealkylation sites (N-methyl/N-ethyl adjacent to an activating group) is 1. The Morgan fingerprint density at radius 1 is 1.42 bits per heavy atom. The largest absolute Gasteiger partial charge is 0.303 e. The van der Waals surface area contributed by atoms with Crippen molar-refractivity contribution >= 4 is 0 Å². The molecule has 68 valence electrons. The van der Waals surface area contributed by atoms with Crippen molar-refractivity contribution in [3.8, 4) is 0 Å². The Kier molecular flexibility index (Phi) is 3.80. The summed E-state index contributed by atoms with van der Waals surface area (Å²) in [5.74, 6) is 0. The van der Waals surface area contributed by atoms with Crippen LogP contribution in [0.25, 0.3) is 0 Å². The number of rotatable bonds is 5. The quantitative estimate of drug-likeness (QED) is 0.716. The van der Waals surface area contributed by atoms with Crippen molar-refractivity contribution in [2.75, 3.05) is 19.6 Å². The molecule has 1 N–H and O–H groups in total. The lowest BCUT2D eigenvalue weighted by atomic mass is 10.3. The normalized spacial score (nSPS) is 10.9. The molecule has 1 aromatic rings. The average molecular weight is 167 g/mol. The van der Waals surface area contributed by atoms with Gasteiger partial charge in [0.15, 0.2) is 0 Å². The molecule has 0 bridgehead atoms. The van der Waals surface area contributed by atoms with E-state index in [4.69, 9.17) is 0 Å². The summed E-state index contributed by atoms with van der Waals surface area (Å²) in [7, 11) is 0. The van der Waals surface area contributed by atoms with Crippen LogP contribution in [0.5, 0.6) is 0 Å². The first-order valence-electron chi connectivity index (χ1n) is 4.57. The number of H-pyrrole nitrogens is 1. The second kappa shape index (κ2) is 4.93. The topological polar surface area (TPSA) is 31.9 Å². The first-order chi connectivity index (χ1) is 5.86. The van der Waals surface area contributed by atoms with E-state index in [2.05, 4.69) is 28.9 Å². The zero-order chi connectivity index (χ0) is 8.81. The van der Waals surface area contributed by atoms with Gasteiger partial charge in [-0.2, -0.15) is 5.10 Å². The molecule has 12 heavy (non-hydrogen) atoms. The van der Waals surface area contributed by atoms with Gasteiger partial charge in [-0.05, 0) is 19.2 Å². The third-order valence-electron chi connectivity index (χ3n) is 2.14. The van der Waals surface area contributed by atoms with Crippen LogP contribution in [-0.4, -0.2) is 34.7 Å². The number of aromatic nitrogens is 2. The lowest BCUT2D eigenvalue weighted by molar-refractivity contribution is 0.307. The first-order valence-corrected chi connectivity index (χ1v) is 4.57. The van der Waals surface area contributed by atoms with Crippen LogP contribution in [0.15, 0.2) is 12.3 Å². The van der Waals surface area contributed by atoms with Crippen molar-refractivity contribution in [3.63, 3.8) is 0 Å². The molecule has 0 aliphatic heterocycles. The molecule has 0 aromatic carbocycles. The van der Waals surface area contributed by atoms with Crippen LogP contribution in [0.4, 0.5) is 0 Å². The van der Waals surface area contributed by atoms with E-state index in [-0.39, 0.29) is 0 Å². The zero-order valence-electron chi connectivity index (χ0n) is 7.88. The van der Waals surface area contributed by atoms with Gasteiger partial charge in [-0.1, -0.05) is 13.8 Å². The molecule has 0 unspecified atom stereocenters. The van der Waals surface area contributed by atoms with Gasteiger partial charge in [0, 0.05) is 19.2 Å². The third-order valence-corrected chi connectivity index (χ3v) is 2.14. The van der Waals surface area contributed by atoms with Crippen molar-refractivity contribution in [2.45, 2.75) is 20.3 Å². The summed E-state index contributed by atoms with van der Waals surface area (Å²) in [5.41, 5.74) is 1.15. The molecule has 3 nitrogen and oxygen atoms in total. The fourth-order valence-corrected chi connectivity index (χ4v) is 1.24. The van der Waals surface area contributed by atoms with Gasteiger partial charge in [0.1, 0.15) is 0 Å². The highest BCUT2D eigenvalue weighted by Gasteiger charge is 2.00. The maximum Gasteiger partial charge on any atom is 0.0634 e. The molecule has 0 saturated heterocycles. The van der Waals surface area contributed by atoms with Gasteiger partial charge in [0.05, 0.1) is 5.69 Å². The smallest absolute Gasteiger partial charge is 0.0634 e. The van der Waals surface area contributed by atoms with Crippen molar-refractivity contribution in [1.29, 1.82) is 0 Å². The summed E-state index contributed by atoms with van der Waals surface area (Å²) in [6, 6.07) is 2.03. The molecule has 3 heteroatoms. The van der Waals surface area contributed by atoms with Gasteiger partial charge in [0.25, 0.3) is 0 Å². The molecule has 0 amide bonds. The number of hydrogen-bond acceptors (Lipinski definition) is 2. The summed E-state index contributed by atoms with van der Waals surface area (Å²) in [4.78, 5) is 2.40. The van der Waals surface area contributed by atoms with E-state index < -0.39 is 0 Å². The van der Waals surface area contributed by atoms with E-state index in [9.17, 15) is 0 Å². The molecule has 0 atom stereocenters. The highest BCUT2D eigenvalue weighted by Crippen LogP contribution is 1.95. The van der Waals surface area contributed by atoms with Crippen molar-refractivity contribution in [1.82, 2.24) is 15.1 Å². The predicted octanol–water partition coefficient (Wildman–Crippen LogP) is 1.29. The molecular weight excluding hydrogens is 150 g/mol. The molecule has 0 saturated carbocycles. The predicted molar refractivity (Wildman–Crippen MR) is 50.1 cm³/mol. The van der Waals surface area contributed by atoms with Crippen molar-refractivity contribution in [3.05, 3.63) is 18.0 Å². The van der Waals surface area contributed by atoms with Gasteiger partial charge in [-0.3, -0.25) is 5.10 Å². The minimum absolute atomic E-state index is 1.05. The fourth-order valence-electron chi connectivity index (χ4n) is 1.24. The molecule has 1 rings (SSSR count). The standard InChI is InChI=1S/C9H17N3/c1-3-12(4-2)8-6-9-5-7-10-11-9/h5,7H,3-4,6,8H2,1-2H3,(H,10,11). The molecule has 1 heterocycles. The van der Waals surface area contributed by atoms with Gasteiger partial charge >= 0.3 is 0 Å². The summed E-state index contributed by atoms with van der Waals surface area (Å²) < 4.78 is 0. The minimum Gasteiger partial charge on any atom is -0.303 e. The molecule has 0 aliphatic rings. The summed E-state index contributed by atoms with van der Waals surface area (Å²) in [6.45, 7) is 7.74. The average Bonchev–Trinajstić information content (AvgIpc) is 2.59. The van der Waals surface area contributed by atoms with E-state index >= 15 is 0 Å². The number of nitrogens with one attached hydrogen (secondary N) is 1. The highest BCUT2D eigenvalue weighted by molar-refractivity contribution is 4.97. The number of aromatic amines is 1. The van der Waals surface area contributed by atoms with Gasteiger partial charge in [-0.15, -0.1) is 0 Å². The van der Waals surface area contributed by atoms with E-state index in [1.807, 2.05) is 12.3 Å². The summed E-state index contributed by atoms with van der Waals surface area (Å²) >= 11 is 0. The Balaban J connectivity index is 2.25. The van der Waals surface area contributed by atoms with Crippen LogP contribution in [0.3, 0.4) is 0 Å². The lowest BCUT2D eigenvalue weighted by Gasteiger charge is -2.16. The monoisotopic (exact) mass is 167 g/mol. The molecule has 0 aliphatic carbocycles. The second-order valence-corrected chi connectivity index (χ2v) is 2.84. The maximum absolute atomic E-state index is 4.11. The Labute approximate surface area is 73.8 Å². The van der Waals surface area contributed by atoms with Crippen LogP contribution in [0, 0.1) is 0 Å². The van der Waals surface area contributed by atoms with Crippen LogP contribution in [0.2, 0.25) is 0 Å².